The molecule has 2 aliphatic rings. The van der Waals surface area contributed by atoms with Gasteiger partial charge in [-0.15, -0.1) is 0 Å². The van der Waals surface area contributed by atoms with Gasteiger partial charge < -0.3 is 19.1 Å². The van der Waals surface area contributed by atoms with Crippen LogP contribution in [-0.4, -0.2) is 56.4 Å². The first-order valence-electron chi connectivity index (χ1n) is 9.27. The van der Waals surface area contributed by atoms with E-state index in [1.807, 2.05) is 43.0 Å². The number of hydrogen-bond acceptors (Lipinski definition) is 4. The van der Waals surface area contributed by atoms with Gasteiger partial charge in [0.05, 0.1) is 19.3 Å². The van der Waals surface area contributed by atoms with E-state index in [1.54, 1.807) is 0 Å². The lowest BCUT2D eigenvalue weighted by atomic mass is 9.76. The highest BCUT2D eigenvalue weighted by atomic mass is 16.5. The lowest BCUT2D eigenvalue weighted by Gasteiger charge is -2.38. The summed E-state index contributed by atoms with van der Waals surface area (Å²) in [5, 5.41) is 0. The fourth-order valence-electron chi connectivity index (χ4n) is 3.70. The number of hydrogen-bond donors (Lipinski definition) is 0. The van der Waals surface area contributed by atoms with Crippen LogP contribution in [0.5, 0.6) is 5.75 Å². The van der Waals surface area contributed by atoms with Crippen molar-refractivity contribution < 1.29 is 19.0 Å². The lowest BCUT2D eigenvalue weighted by molar-refractivity contribution is -0.135. The van der Waals surface area contributed by atoms with Gasteiger partial charge in [0.2, 0.25) is 0 Å². The molecule has 2 fully saturated rings. The van der Waals surface area contributed by atoms with E-state index in [0.29, 0.717) is 6.61 Å². The molecule has 5 nitrogen and oxygen atoms in total. The Balaban J connectivity index is 1.42. The molecule has 1 spiro atoms. The minimum atomic E-state index is 0.0696. The molecule has 2 heterocycles. The Bertz CT molecular complexity index is 564. The maximum Gasteiger partial charge on any atom is 0.260 e. The third kappa shape index (κ3) is 4.73. The summed E-state index contributed by atoms with van der Waals surface area (Å²) in [5.41, 5.74) is 1.41. The summed E-state index contributed by atoms with van der Waals surface area (Å²) in [7, 11) is 0. The summed E-state index contributed by atoms with van der Waals surface area (Å²) >= 11 is 0. The van der Waals surface area contributed by atoms with Gasteiger partial charge in [-0.3, -0.25) is 4.79 Å². The molecular formula is C20H29NO4. The minimum absolute atomic E-state index is 0.0696. The van der Waals surface area contributed by atoms with Crippen LogP contribution in [0.1, 0.15) is 31.7 Å². The second kappa shape index (κ2) is 8.19. The summed E-state index contributed by atoms with van der Waals surface area (Å²) in [5.74, 6) is 0.815. The Morgan fingerprint density at radius 2 is 2.00 bits per heavy atom. The molecule has 1 aromatic carbocycles. The molecule has 0 radical (unpaired) electrons. The number of carbonyl (C=O) groups is 1. The van der Waals surface area contributed by atoms with Crippen LogP contribution >= 0.6 is 0 Å². The first-order valence-corrected chi connectivity index (χ1v) is 9.27. The van der Waals surface area contributed by atoms with E-state index in [1.165, 1.54) is 5.56 Å². The average Bonchev–Trinajstić information content (AvgIpc) is 3.02. The normalized spacial score (nSPS) is 22.3. The Morgan fingerprint density at radius 3 is 2.68 bits per heavy atom. The van der Waals surface area contributed by atoms with Crippen molar-refractivity contribution >= 4 is 5.91 Å². The van der Waals surface area contributed by atoms with Crippen molar-refractivity contribution in [2.45, 2.75) is 39.2 Å². The van der Waals surface area contributed by atoms with E-state index < -0.39 is 0 Å². The van der Waals surface area contributed by atoms with Crippen LogP contribution in [0.3, 0.4) is 0 Å². The molecule has 1 amide bonds. The van der Waals surface area contributed by atoms with Crippen molar-refractivity contribution in [3.05, 3.63) is 29.8 Å². The predicted molar refractivity (Wildman–Crippen MR) is 95.8 cm³/mol. The van der Waals surface area contributed by atoms with Gasteiger partial charge in [0, 0.05) is 19.7 Å². The number of amides is 1. The van der Waals surface area contributed by atoms with Crippen LogP contribution < -0.4 is 4.74 Å². The summed E-state index contributed by atoms with van der Waals surface area (Å²) in [4.78, 5) is 14.3. The average molecular weight is 347 g/mol. The fraction of sp³-hybridized carbons (Fsp3) is 0.650. The number of benzene rings is 1. The molecule has 1 aromatic rings. The number of nitrogens with zero attached hydrogens (tertiary/aromatic N) is 1. The van der Waals surface area contributed by atoms with Crippen LogP contribution in [0.4, 0.5) is 0 Å². The Hall–Kier alpha value is -1.59. The van der Waals surface area contributed by atoms with Crippen molar-refractivity contribution in [1.82, 2.24) is 4.90 Å². The largest absolute Gasteiger partial charge is 0.484 e. The summed E-state index contributed by atoms with van der Waals surface area (Å²) in [6.07, 6.45) is 3.28. The van der Waals surface area contributed by atoms with Gasteiger partial charge in [-0.2, -0.15) is 0 Å². The zero-order valence-corrected chi connectivity index (χ0v) is 15.3. The molecule has 0 unspecified atom stereocenters. The maximum absolute atomic E-state index is 12.4. The van der Waals surface area contributed by atoms with Crippen molar-refractivity contribution in [1.29, 1.82) is 0 Å². The van der Waals surface area contributed by atoms with E-state index in [0.717, 1.165) is 51.3 Å². The number of ether oxygens (including phenoxy) is 3. The van der Waals surface area contributed by atoms with Gasteiger partial charge in [-0.05, 0) is 50.7 Å². The molecule has 138 valence electrons. The summed E-state index contributed by atoms with van der Waals surface area (Å²) in [6.45, 7) is 7.95. The van der Waals surface area contributed by atoms with Gasteiger partial charge >= 0.3 is 0 Å². The highest BCUT2D eigenvalue weighted by Gasteiger charge is 2.43. The van der Waals surface area contributed by atoms with Crippen molar-refractivity contribution in [2.24, 2.45) is 5.41 Å². The third-order valence-corrected chi connectivity index (χ3v) is 5.35. The van der Waals surface area contributed by atoms with Gasteiger partial charge in [0.1, 0.15) is 5.75 Å². The number of carbonyl (C=O) groups excluding carboxylic acids is 1. The topological polar surface area (TPSA) is 48.0 Å². The van der Waals surface area contributed by atoms with E-state index in [2.05, 4.69) is 0 Å². The molecule has 2 aliphatic heterocycles. The monoisotopic (exact) mass is 347 g/mol. The van der Waals surface area contributed by atoms with Crippen LogP contribution in [0.25, 0.3) is 0 Å². The van der Waals surface area contributed by atoms with Crippen molar-refractivity contribution in [2.75, 3.05) is 39.5 Å². The Labute approximate surface area is 150 Å². The number of rotatable bonds is 6. The molecule has 0 aromatic heterocycles. The van der Waals surface area contributed by atoms with Crippen LogP contribution in [0.2, 0.25) is 0 Å². The van der Waals surface area contributed by atoms with E-state index in [-0.39, 0.29) is 24.0 Å². The molecule has 2 saturated heterocycles. The lowest BCUT2D eigenvalue weighted by Crippen LogP contribution is -2.45. The molecule has 0 bridgehead atoms. The zero-order valence-electron chi connectivity index (χ0n) is 15.3. The molecule has 5 heteroatoms. The predicted octanol–water partition coefficient (Wildman–Crippen LogP) is 2.81. The first-order chi connectivity index (χ1) is 12.1. The van der Waals surface area contributed by atoms with Gasteiger partial charge in [0.15, 0.2) is 6.61 Å². The minimum Gasteiger partial charge on any atom is -0.484 e. The molecule has 25 heavy (non-hydrogen) atoms. The van der Waals surface area contributed by atoms with Crippen LogP contribution in [-0.2, 0) is 14.3 Å². The van der Waals surface area contributed by atoms with Crippen LogP contribution in [0.15, 0.2) is 24.3 Å². The second-order valence-corrected chi connectivity index (χ2v) is 7.28. The van der Waals surface area contributed by atoms with Crippen LogP contribution in [0, 0.1) is 12.3 Å². The van der Waals surface area contributed by atoms with Gasteiger partial charge in [-0.25, -0.2) is 0 Å². The van der Waals surface area contributed by atoms with Gasteiger partial charge in [0.25, 0.3) is 5.91 Å². The standard InChI is InChI=1S/C20H29NO4/c1-3-23-13-18-12-20(15-25-18)8-10-21(11-9-20)19(22)14-24-17-6-4-16(2)5-7-17/h4-7,18H,3,8-15H2,1-2H3/t18-/m1/s1. The summed E-state index contributed by atoms with van der Waals surface area (Å²) in [6, 6.07) is 7.79. The SMILES string of the molecule is CCOC[C@H]1CC2(CCN(C(=O)COc3ccc(C)cc3)CC2)CO1. The molecular weight excluding hydrogens is 318 g/mol. The quantitative estimate of drug-likeness (QED) is 0.794. The summed E-state index contributed by atoms with van der Waals surface area (Å²) < 4.78 is 17.0. The van der Waals surface area contributed by atoms with E-state index in [9.17, 15) is 4.79 Å². The van der Waals surface area contributed by atoms with Crippen molar-refractivity contribution in [3.8, 4) is 5.75 Å². The number of piperidine rings is 1. The number of aryl methyl sites for hydroxylation is 1. The highest BCUT2D eigenvalue weighted by molar-refractivity contribution is 5.77. The molecule has 0 saturated carbocycles. The van der Waals surface area contributed by atoms with E-state index >= 15 is 0 Å². The highest BCUT2D eigenvalue weighted by Crippen LogP contribution is 2.42. The third-order valence-electron chi connectivity index (χ3n) is 5.35. The van der Waals surface area contributed by atoms with Gasteiger partial charge in [-0.1, -0.05) is 17.7 Å². The zero-order chi connectivity index (χ0) is 17.7. The molecule has 0 N–H and O–H groups in total. The number of likely N-dealkylation sites (tertiary alicyclic amines) is 1. The Morgan fingerprint density at radius 1 is 1.28 bits per heavy atom. The fourth-order valence-corrected chi connectivity index (χ4v) is 3.70. The first kappa shape index (κ1) is 18.2. The molecule has 0 aliphatic carbocycles. The van der Waals surface area contributed by atoms with Crippen molar-refractivity contribution in [3.63, 3.8) is 0 Å². The smallest absolute Gasteiger partial charge is 0.260 e. The van der Waals surface area contributed by atoms with E-state index in [4.69, 9.17) is 14.2 Å². The molecule has 3 rings (SSSR count). The maximum atomic E-state index is 12.4. The Kier molecular flexibility index (Phi) is 5.97. The second-order valence-electron chi connectivity index (χ2n) is 7.28. The molecule has 1 atom stereocenters.